The molecule has 0 spiro atoms. The van der Waals surface area contributed by atoms with Gasteiger partial charge in [-0.1, -0.05) is 12.8 Å². The molecule has 2 aliphatic heterocycles. The Balaban J connectivity index is 1.49. The quantitative estimate of drug-likeness (QED) is 0.841. The van der Waals surface area contributed by atoms with Crippen LogP contribution < -0.4 is 9.47 Å². The van der Waals surface area contributed by atoms with Gasteiger partial charge in [0, 0.05) is 25.9 Å². The number of piperidine rings is 1. The van der Waals surface area contributed by atoms with Crippen LogP contribution >= 0.6 is 0 Å². The number of likely N-dealkylation sites (tertiary alicyclic amines) is 2. The lowest BCUT2D eigenvalue weighted by Crippen LogP contribution is -2.50. The number of likely N-dealkylation sites (N-methyl/N-ethyl adjacent to an activating group) is 1. The van der Waals surface area contributed by atoms with Gasteiger partial charge < -0.3 is 14.4 Å². The summed E-state index contributed by atoms with van der Waals surface area (Å²) in [7, 11) is 3.75. The zero-order valence-electron chi connectivity index (χ0n) is 15.4. The van der Waals surface area contributed by atoms with E-state index in [4.69, 9.17) is 9.47 Å². The molecule has 5 nitrogen and oxygen atoms in total. The lowest BCUT2D eigenvalue weighted by molar-refractivity contribution is -0.138. The molecule has 0 aromatic heterocycles. The topological polar surface area (TPSA) is 42.0 Å². The first-order valence-electron chi connectivity index (χ1n) is 9.47. The molecule has 25 heavy (non-hydrogen) atoms. The van der Waals surface area contributed by atoms with Crippen LogP contribution in [0, 0.1) is 0 Å². The van der Waals surface area contributed by atoms with Crippen molar-refractivity contribution in [3.8, 4) is 11.5 Å². The lowest BCUT2D eigenvalue weighted by Gasteiger charge is -2.36. The first-order valence-corrected chi connectivity index (χ1v) is 9.47. The standard InChI is InChI=1S/C20H30N2O3/c1-21-13-5-3-4-6-19(21)20(23)22-14-11-18(12-15-22)25-17-9-7-16(24-2)8-10-17/h7-10,18-19H,3-6,11-15H2,1-2H3. The molecule has 0 aliphatic carbocycles. The Morgan fingerprint density at radius 1 is 0.960 bits per heavy atom. The average Bonchev–Trinajstić information content (AvgIpc) is 2.87. The second-order valence-corrected chi connectivity index (χ2v) is 7.16. The van der Waals surface area contributed by atoms with Crippen molar-refractivity contribution < 1.29 is 14.3 Å². The number of benzene rings is 1. The minimum absolute atomic E-state index is 0.0709. The number of carbonyl (C=O) groups excluding carboxylic acids is 1. The largest absolute Gasteiger partial charge is 0.497 e. The van der Waals surface area contributed by atoms with Crippen LogP contribution in [-0.4, -0.2) is 61.6 Å². The van der Waals surface area contributed by atoms with E-state index in [-0.39, 0.29) is 12.1 Å². The Hall–Kier alpha value is -1.75. The number of carbonyl (C=O) groups is 1. The van der Waals surface area contributed by atoms with Crippen LogP contribution in [0.1, 0.15) is 38.5 Å². The maximum absolute atomic E-state index is 12.9. The van der Waals surface area contributed by atoms with E-state index in [1.165, 1.54) is 12.8 Å². The van der Waals surface area contributed by atoms with Gasteiger partial charge >= 0.3 is 0 Å². The molecule has 1 aromatic carbocycles. The highest BCUT2D eigenvalue weighted by atomic mass is 16.5. The summed E-state index contributed by atoms with van der Waals surface area (Å²) >= 11 is 0. The summed E-state index contributed by atoms with van der Waals surface area (Å²) in [5, 5.41) is 0. The molecule has 0 N–H and O–H groups in total. The molecular weight excluding hydrogens is 316 g/mol. The SMILES string of the molecule is COc1ccc(OC2CCN(C(=O)C3CCCCCN3C)CC2)cc1. The summed E-state index contributed by atoms with van der Waals surface area (Å²) in [6, 6.07) is 7.78. The van der Waals surface area contributed by atoms with E-state index in [1.54, 1.807) is 7.11 Å². The van der Waals surface area contributed by atoms with Crippen molar-refractivity contribution in [3.05, 3.63) is 24.3 Å². The van der Waals surface area contributed by atoms with Gasteiger partial charge in [0.15, 0.2) is 0 Å². The fourth-order valence-corrected chi connectivity index (χ4v) is 3.82. The number of methoxy groups -OCH3 is 1. The summed E-state index contributed by atoms with van der Waals surface area (Å²) in [6.45, 7) is 2.63. The highest BCUT2D eigenvalue weighted by molar-refractivity contribution is 5.82. The number of nitrogens with zero attached hydrogens (tertiary/aromatic N) is 2. The van der Waals surface area contributed by atoms with Crippen molar-refractivity contribution in [1.82, 2.24) is 9.80 Å². The molecule has 1 aromatic rings. The second-order valence-electron chi connectivity index (χ2n) is 7.16. The zero-order valence-corrected chi connectivity index (χ0v) is 15.4. The molecule has 0 radical (unpaired) electrons. The summed E-state index contributed by atoms with van der Waals surface area (Å²) in [5.41, 5.74) is 0. The molecule has 2 saturated heterocycles. The molecule has 1 amide bonds. The van der Waals surface area contributed by atoms with Crippen LogP contribution in [0.15, 0.2) is 24.3 Å². The van der Waals surface area contributed by atoms with Crippen molar-refractivity contribution in [2.75, 3.05) is 33.8 Å². The van der Waals surface area contributed by atoms with Crippen molar-refractivity contribution in [3.63, 3.8) is 0 Å². The summed E-state index contributed by atoms with van der Waals surface area (Å²) in [5.74, 6) is 2.02. The van der Waals surface area contributed by atoms with Gasteiger partial charge in [0.1, 0.15) is 17.6 Å². The van der Waals surface area contributed by atoms with Gasteiger partial charge in [0.05, 0.1) is 13.2 Å². The second kappa shape index (κ2) is 8.56. The Bertz CT molecular complexity index is 553. The Morgan fingerprint density at radius 3 is 2.32 bits per heavy atom. The van der Waals surface area contributed by atoms with Gasteiger partial charge in [-0.3, -0.25) is 9.69 Å². The third-order valence-corrected chi connectivity index (χ3v) is 5.42. The van der Waals surface area contributed by atoms with E-state index in [0.717, 1.165) is 56.8 Å². The van der Waals surface area contributed by atoms with Crippen LogP contribution in [0.3, 0.4) is 0 Å². The number of ether oxygens (including phenoxy) is 2. The molecule has 1 atom stereocenters. The minimum Gasteiger partial charge on any atom is -0.497 e. The average molecular weight is 346 g/mol. The van der Waals surface area contributed by atoms with Crippen LogP contribution in [-0.2, 0) is 4.79 Å². The maximum Gasteiger partial charge on any atom is 0.239 e. The van der Waals surface area contributed by atoms with Gasteiger partial charge in [0.2, 0.25) is 5.91 Å². The summed E-state index contributed by atoms with van der Waals surface area (Å²) in [6.07, 6.45) is 6.59. The highest BCUT2D eigenvalue weighted by Gasteiger charge is 2.31. The van der Waals surface area contributed by atoms with Crippen LogP contribution in [0.4, 0.5) is 0 Å². The van der Waals surface area contributed by atoms with E-state index in [0.29, 0.717) is 5.91 Å². The van der Waals surface area contributed by atoms with Crippen LogP contribution in [0.5, 0.6) is 11.5 Å². The van der Waals surface area contributed by atoms with Crippen LogP contribution in [0.25, 0.3) is 0 Å². The third-order valence-electron chi connectivity index (χ3n) is 5.42. The van der Waals surface area contributed by atoms with Crippen LogP contribution in [0.2, 0.25) is 0 Å². The summed E-state index contributed by atoms with van der Waals surface area (Å²) < 4.78 is 11.2. The molecule has 2 heterocycles. The van der Waals surface area contributed by atoms with Crippen molar-refractivity contribution in [2.45, 2.75) is 50.7 Å². The molecule has 2 fully saturated rings. The summed E-state index contributed by atoms with van der Waals surface area (Å²) in [4.78, 5) is 17.2. The zero-order chi connectivity index (χ0) is 17.6. The van der Waals surface area contributed by atoms with Gasteiger partial charge in [-0.2, -0.15) is 0 Å². The minimum atomic E-state index is 0.0709. The lowest BCUT2D eigenvalue weighted by atomic mass is 10.0. The Morgan fingerprint density at radius 2 is 1.64 bits per heavy atom. The smallest absolute Gasteiger partial charge is 0.239 e. The number of hydrogen-bond acceptors (Lipinski definition) is 4. The third kappa shape index (κ3) is 4.66. The van der Waals surface area contributed by atoms with E-state index in [1.807, 2.05) is 29.2 Å². The molecule has 138 valence electrons. The fraction of sp³-hybridized carbons (Fsp3) is 0.650. The Kier molecular flexibility index (Phi) is 6.19. The molecule has 5 heteroatoms. The van der Waals surface area contributed by atoms with E-state index >= 15 is 0 Å². The highest BCUT2D eigenvalue weighted by Crippen LogP contribution is 2.23. The van der Waals surface area contributed by atoms with Gasteiger partial charge in [-0.05, 0) is 50.7 Å². The normalized spacial score (nSPS) is 23.1. The van der Waals surface area contributed by atoms with Gasteiger partial charge in [0.25, 0.3) is 0 Å². The molecule has 0 bridgehead atoms. The molecule has 3 rings (SSSR count). The van der Waals surface area contributed by atoms with Gasteiger partial charge in [-0.15, -0.1) is 0 Å². The monoisotopic (exact) mass is 346 g/mol. The predicted octanol–water partition coefficient (Wildman–Crippen LogP) is 2.94. The predicted molar refractivity (Wildman–Crippen MR) is 98.1 cm³/mol. The van der Waals surface area contributed by atoms with E-state index in [9.17, 15) is 4.79 Å². The van der Waals surface area contributed by atoms with E-state index in [2.05, 4.69) is 11.9 Å². The van der Waals surface area contributed by atoms with Gasteiger partial charge in [-0.25, -0.2) is 0 Å². The fourth-order valence-electron chi connectivity index (χ4n) is 3.82. The molecule has 0 saturated carbocycles. The number of rotatable bonds is 4. The molecule has 2 aliphatic rings. The maximum atomic E-state index is 12.9. The first kappa shape index (κ1) is 18.1. The number of hydrogen-bond donors (Lipinski definition) is 0. The molecular formula is C20H30N2O3. The number of amides is 1. The first-order chi connectivity index (χ1) is 12.2. The van der Waals surface area contributed by atoms with Crippen molar-refractivity contribution in [2.24, 2.45) is 0 Å². The van der Waals surface area contributed by atoms with E-state index < -0.39 is 0 Å². The Labute approximate surface area is 150 Å². The van der Waals surface area contributed by atoms with Crippen molar-refractivity contribution >= 4 is 5.91 Å². The molecule has 1 unspecified atom stereocenters. The van der Waals surface area contributed by atoms with Crippen molar-refractivity contribution in [1.29, 1.82) is 0 Å².